The standard InChI is InChI=1S/C17H18Cl2N4O2/c18-12-1-2-13(19)14(11-12)21-15-3-6-20-16(22-15)23-7-4-17(5-8-23)24-9-10-25-17/h1-3,6,11H,4-5,7-10H2,(H,20,21,22). The fourth-order valence-corrected chi connectivity index (χ4v) is 3.47. The number of benzene rings is 1. The molecule has 3 heterocycles. The monoisotopic (exact) mass is 380 g/mol. The number of ether oxygens (including phenoxy) is 2. The zero-order valence-corrected chi connectivity index (χ0v) is 15.1. The minimum atomic E-state index is -0.402. The molecule has 0 unspecified atom stereocenters. The van der Waals surface area contributed by atoms with Crippen LogP contribution in [0.25, 0.3) is 0 Å². The zero-order chi connectivity index (χ0) is 17.3. The molecule has 1 aromatic carbocycles. The number of aromatic nitrogens is 2. The summed E-state index contributed by atoms with van der Waals surface area (Å²) in [4.78, 5) is 11.1. The van der Waals surface area contributed by atoms with Gasteiger partial charge in [0, 0.05) is 37.2 Å². The van der Waals surface area contributed by atoms with Gasteiger partial charge in [0.15, 0.2) is 5.79 Å². The van der Waals surface area contributed by atoms with Gasteiger partial charge in [0.1, 0.15) is 5.82 Å². The molecule has 1 N–H and O–H groups in total. The van der Waals surface area contributed by atoms with Crippen molar-refractivity contribution in [3.63, 3.8) is 0 Å². The molecule has 2 aliphatic rings. The van der Waals surface area contributed by atoms with Gasteiger partial charge in [0.25, 0.3) is 0 Å². The lowest BCUT2D eigenvalue weighted by Gasteiger charge is -2.37. The summed E-state index contributed by atoms with van der Waals surface area (Å²) in [5.41, 5.74) is 0.712. The van der Waals surface area contributed by atoms with Crippen LogP contribution in [0.15, 0.2) is 30.5 Å². The van der Waals surface area contributed by atoms with Crippen molar-refractivity contribution in [2.75, 3.05) is 36.5 Å². The van der Waals surface area contributed by atoms with Crippen LogP contribution in [0, 0.1) is 0 Å². The Hall–Kier alpha value is -1.60. The van der Waals surface area contributed by atoms with Crippen molar-refractivity contribution in [1.29, 1.82) is 0 Å². The highest BCUT2D eigenvalue weighted by Gasteiger charge is 2.40. The molecule has 2 fully saturated rings. The highest BCUT2D eigenvalue weighted by molar-refractivity contribution is 6.35. The van der Waals surface area contributed by atoms with Crippen molar-refractivity contribution < 1.29 is 9.47 Å². The van der Waals surface area contributed by atoms with Gasteiger partial charge in [-0.3, -0.25) is 0 Å². The molecule has 4 rings (SSSR count). The summed E-state index contributed by atoms with van der Waals surface area (Å²) in [5.74, 6) is 0.944. The molecule has 132 valence electrons. The highest BCUT2D eigenvalue weighted by Crippen LogP contribution is 2.33. The highest BCUT2D eigenvalue weighted by atomic mass is 35.5. The lowest BCUT2D eigenvalue weighted by molar-refractivity contribution is -0.169. The van der Waals surface area contributed by atoms with Crippen molar-refractivity contribution in [1.82, 2.24) is 9.97 Å². The van der Waals surface area contributed by atoms with Gasteiger partial charge < -0.3 is 19.7 Å². The van der Waals surface area contributed by atoms with E-state index < -0.39 is 5.79 Å². The fraction of sp³-hybridized carbons (Fsp3) is 0.412. The van der Waals surface area contributed by atoms with Crippen LogP contribution in [-0.4, -0.2) is 42.1 Å². The van der Waals surface area contributed by atoms with E-state index >= 15 is 0 Å². The number of hydrogen-bond acceptors (Lipinski definition) is 6. The van der Waals surface area contributed by atoms with Crippen LogP contribution in [0.4, 0.5) is 17.5 Å². The second kappa shape index (κ2) is 6.96. The molecular weight excluding hydrogens is 363 g/mol. The van der Waals surface area contributed by atoms with Crippen molar-refractivity contribution in [2.24, 2.45) is 0 Å². The minimum absolute atomic E-state index is 0.402. The van der Waals surface area contributed by atoms with Crippen LogP contribution < -0.4 is 10.2 Å². The number of piperidine rings is 1. The van der Waals surface area contributed by atoms with Gasteiger partial charge in [-0.2, -0.15) is 4.98 Å². The Kier molecular flexibility index (Phi) is 4.69. The first-order valence-corrected chi connectivity index (χ1v) is 8.97. The number of nitrogens with zero attached hydrogens (tertiary/aromatic N) is 3. The zero-order valence-electron chi connectivity index (χ0n) is 13.5. The minimum Gasteiger partial charge on any atom is -0.347 e. The van der Waals surface area contributed by atoms with E-state index in [1.807, 2.05) is 0 Å². The molecule has 1 aromatic heterocycles. The van der Waals surface area contributed by atoms with Crippen LogP contribution in [0.1, 0.15) is 12.8 Å². The summed E-state index contributed by atoms with van der Waals surface area (Å²) in [7, 11) is 0. The molecule has 25 heavy (non-hydrogen) atoms. The molecule has 0 saturated carbocycles. The molecule has 0 bridgehead atoms. The summed E-state index contributed by atoms with van der Waals surface area (Å²) < 4.78 is 11.5. The maximum Gasteiger partial charge on any atom is 0.227 e. The van der Waals surface area contributed by atoms with Gasteiger partial charge in [-0.25, -0.2) is 4.98 Å². The first-order chi connectivity index (χ1) is 12.1. The van der Waals surface area contributed by atoms with Gasteiger partial charge in [0.2, 0.25) is 5.95 Å². The summed E-state index contributed by atoms with van der Waals surface area (Å²) in [6.07, 6.45) is 3.36. The lowest BCUT2D eigenvalue weighted by atomic mass is 10.0. The maximum atomic E-state index is 6.20. The average Bonchev–Trinajstić information content (AvgIpc) is 3.07. The third-order valence-corrected chi connectivity index (χ3v) is 5.02. The van der Waals surface area contributed by atoms with E-state index in [4.69, 9.17) is 32.7 Å². The van der Waals surface area contributed by atoms with Crippen LogP contribution in [0.5, 0.6) is 0 Å². The predicted octanol–water partition coefficient (Wildman–Crippen LogP) is 3.87. The molecule has 0 atom stereocenters. The van der Waals surface area contributed by atoms with Crippen LogP contribution >= 0.6 is 23.2 Å². The van der Waals surface area contributed by atoms with Crippen LogP contribution in [-0.2, 0) is 9.47 Å². The van der Waals surface area contributed by atoms with Crippen LogP contribution in [0.2, 0.25) is 10.0 Å². The largest absolute Gasteiger partial charge is 0.347 e. The number of rotatable bonds is 3. The topological polar surface area (TPSA) is 59.5 Å². The van der Waals surface area contributed by atoms with Crippen molar-refractivity contribution in [3.8, 4) is 0 Å². The molecule has 2 saturated heterocycles. The second-order valence-corrected chi connectivity index (χ2v) is 6.93. The molecule has 0 radical (unpaired) electrons. The SMILES string of the molecule is Clc1ccc(Cl)c(Nc2ccnc(N3CCC4(CC3)OCCO4)n2)c1. The molecule has 0 amide bonds. The Morgan fingerprint density at radius 3 is 2.60 bits per heavy atom. The Labute approximate surface area is 156 Å². The number of anilines is 3. The molecule has 2 aromatic rings. The number of hydrogen-bond donors (Lipinski definition) is 1. The molecule has 2 aliphatic heterocycles. The normalized spacial score (nSPS) is 19.4. The Morgan fingerprint density at radius 1 is 1.08 bits per heavy atom. The third kappa shape index (κ3) is 3.67. The molecule has 6 nitrogen and oxygen atoms in total. The number of halogens is 2. The van der Waals surface area contributed by atoms with Gasteiger partial charge in [-0.15, -0.1) is 0 Å². The fourth-order valence-electron chi connectivity index (χ4n) is 3.13. The van der Waals surface area contributed by atoms with Gasteiger partial charge in [0.05, 0.1) is 23.9 Å². The molecule has 0 aliphatic carbocycles. The Morgan fingerprint density at radius 2 is 1.84 bits per heavy atom. The van der Waals surface area contributed by atoms with E-state index in [0.717, 1.165) is 25.9 Å². The van der Waals surface area contributed by atoms with Crippen LogP contribution in [0.3, 0.4) is 0 Å². The summed E-state index contributed by atoms with van der Waals surface area (Å²) in [5, 5.41) is 4.39. The first-order valence-electron chi connectivity index (χ1n) is 8.22. The van der Waals surface area contributed by atoms with E-state index in [1.54, 1.807) is 30.5 Å². The van der Waals surface area contributed by atoms with E-state index in [-0.39, 0.29) is 0 Å². The molecule has 1 spiro atoms. The average molecular weight is 381 g/mol. The van der Waals surface area contributed by atoms with Gasteiger partial charge >= 0.3 is 0 Å². The summed E-state index contributed by atoms with van der Waals surface area (Å²) >= 11 is 12.2. The smallest absolute Gasteiger partial charge is 0.227 e. The van der Waals surface area contributed by atoms with Gasteiger partial charge in [-0.1, -0.05) is 23.2 Å². The maximum absolute atomic E-state index is 6.20. The molecule has 8 heteroatoms. The summed E-state index contributed by atoms with van der Waals surface area (Å²) in [6.45, 7) is 2.94. The quantitative estimate of drug-likeness (QED) is 0.871. The van der Waals surface area contributed by atoms with Gasteiger partial charge in [-0.05, 0) is 24.3 Å². The van der Waals surface area contributed by atoms with E-state index in [2.05, 4.69) is 20.2 Å². The van der Waals surface area contributed by atoms with Crippen molar-refractivity contribution >= 4 is 40.7 Å². The predicted molar refractivity (Wildman–Crippen MR) is 97.9 cm³/mol. The Bertz CT molecular complexity index is 758. The Balaban J connectivity index is 1.47. The third-order valence-electron chi connectivity index (χ3n) is 4.46. The summed E-state index contributed by atoms with van der Waals surface area (Å²) in [6, 6.07) is 7.07. The first kappa shape index (κ1) is 16.8. The second-order valence-electron chi connectivity index (χ2n) is 6.09. The van der Waals surface area contributed by atoms with Crippen molar-refractivity contribution in [3.05, 3.63) is 40.5 Å². The van der Waals surface area contributed by atoms with E-state index in [1.165, 1.54) is 0 Å². The van der Waals surface area contributed by atoms with Crippen molar-refractivity contribution in [2.45, 2.75) is 18.6 Å². The lowest BCUT2D eigenvalue weighted by Crippen LogP contribution is -2.45. The van der Waals surface area contributed by atoms with E-state index in [9.17, 15) is 0 Å². The molecular formula is C17H18Cl2N4O2. The number of nitrogens with one attached hydrogen (secondary N) is 1. The van der Waals surface area contributed by atoms with E-state index in [0.29, 0.717) is 40.7 Å².